The van der Waals surface area contributed by atoms with Crippen LogP contribution in [-0.2, 0) is 6.54 Å². The fourth-order valence-electron chi connectivity index (χ4n) is 2.53. The molecule has 25 heavy (non-hydrogen) atoms. The van der Waals surface area contributed by atoms with Crippen LogP contribution in [0.3, 0.4) is 0 Å². The lowest BCUT2D eigenvalue weighted by Crippen LogP contribution is -2.15. The highest BCUT2D eigenvalue weighted by atomic mass is 79.9. The Labute approximate surface area is 154 Å². The van der Waals surface area contributed by atoms with Crippen LogP contribution in [0.5, 0.6) is 0 Å². The second kappa shape index (κ2) is 7.06. The van der Waals surface area contributed by atoms with E-state index in [-0.39, 0.29) is 21.7 Å². The van der Waals surface area contributed by atoms with Crippen molar-refractivity contribution in [1.82, 2.24) is 4.57 Å². The average molecular weight is 429 g/mol. The van der Waals surface area contributed by atoms with Gasteiger partial charge in [-0.05, 0) is 21.5 Å². The predicted octanol–water partition coefficient (Wildman–Crippen LogP) is 5.40. The first kappa shape index (κ1) is 17.8. The predicted molar refractivity (Wildman–Crippen MR) is 94.3 cm³/mol. The third-order valence-electron chi connectivity index (χ3n) is 3.62. The fourth-order valence-corrected chi connectivity index (χ4v) is 3.49. The van der Waals surface area contributed by atoms with Crippen LogP contribution in [0.4, 0.5) is 13.2 Å². The quantitative estimate of drug-likeness (QED) is 0.548. The van der Waals surface area contributed by atoms with Gasteiger partial charge in [-0.2, -0.15) is 0 Å². The average Bonchev–Trinajstić information content (AvgIpc) is 2.56. The molecule has 2 nitrogen and oxygen atoms in total. The topological polar surface area (TPSA) is 22.0 Å². The van der Waals surface area contributed by atoms with Crippen LogP contribution in [0, 0.1) is 17.5 Å². The minimum absolute atomic E-state index is 0.0479. The second-order valence-electron chi connectivity index (χ2n) is 5.33. The summed E-state index contributed by atoms with van der Waals surface area (Å²) in [6.07, 6.45) is 1.30. The number of hydrogen-bond donors (Lipinski definition) is 0. The monoisotopic (exact) mass is 427 g/mol. The lowest BCUT2D eigenvalue weighted by Gasteiger charge is -2.17. The van der Waals surface area contributed by atoms with E-state index in [2.05, 4.69) is 15.9 Å². The molecule has 128 valence electrons. The fraction of sp³-hybridized carbons (Fsp3) is 0.0556. The first-order chi connectivity index (χ1) is 11.9. The van der Waals surface area contributed by atoms with Crippen LogP contribution in [0.1, 0.15) is 5.56 Å². The molecule has 3 aromatic rings. The van der Waals surface area contributed by atoms with Gasteiger partial charge in [0.15, 0.2) is 0 Å². The molecule has 0 N–H and O–H groups in total. The van der Waals surface area contributed by atoms with Crippen LogP contribution >= 0.6 is 27.5 Å². The molecule has 1 heterocycles. The summed E-state index contributed by atoms with van der Waals surface area (Å²) in [4.78, 5) is 12.1. The number of rotatable bonds is 3. The lowest BCUT2D eigenvalue weighted by molar-refractivity contribution is 0.545. The van der Waals surface area contributed by atoms with Gasteiger partial charge in [0.2, 0.25) is 5.43 Å². The van der Waals surface area contributed by atoms with E-state index in [0.29, 0.717) is 12.1 Å². The van der Waals surface area contributed by atoms with E-state index in [4.69, 9.17) is 11.6 Å². The van der Waals surface area contributed by atoms with Gasteiger partial charge < -0.3 is 4.57 Å². The number of hydrogen-bond acceptors (Lipinski definition) is 1. The van der Waals surface area contributed by atoms with Crippen molar-refractivity contribution in [2.24, 2.45) is 0 Å². The summed E-state index contributed by atoms with van der Waals surface area (Å²) in [5, 5.41) is -0.102. The van der Waals surface area contributed by atoms with Gasteiger partial charge >= 0.3 is 0 Å². The van der Waals surface area contributed by atoms with Crippen molar-refractivity contribution < 1.29 is 13.2 Å². The molecule has 2 aromatic carbocycles. The van der Waals surface area contributed by atoms with E-state index >= 15 is 0 Å². The maximum atomic E-state index is 14.3. The van der Waals surface area contributed by atoms with Crippen LogP contribution in [0.15, 0.2) is 57.9 Å². The maximum absolute atomic E-state index is 14.3. The van der Waals surface area contributed by atoms with Gasteiger partial charge in [-0.1, -0.05) is 41.9 Å². The summed E-state index contributed by atoms with van der Waals surface area (Å²) < 4.78 is 43.1. The molecule has 0 unspecified atom stereocenters. The summed E-state index contributed by atoms with van der Waals surface area (Å²) in [7, 11) is 0. The van der Waals surface area contributed by atoms with Gasteiger partial charge in [-0.3, -0.25) is 4.79 Å². The highest BCUT2D eigenvalue weighted by molar-refractivity contribution is 9.10. The van der Waals surface area contributed by atoms with Gasteiger partial charge in [0, 0.05) is 24.9 Å². The molecule has 3 rings (SSSR count). The first-order valence-electron chi connectivity index (χ1n) is 7.15. The standard InChI is InChI=1S/C18H10BrClF3NO/c19-16-17(15-13(22)6-11(21)7-14(15)23)24(9-12(20)18(16)25)8-10-4-2-1-3-5-10/h1-7,9H,8H2. The second-order valence-corrected chi connectivity index (χ2v) is 6.53. The molecule has 0 aliphatic heterocycles. The van der Waals surface area contributed by atoms with Gasteiger partial charge in [0.1, 0.15) is 22.5 Å². The number of halogens is 5. The molecule has 0 radical (unpaired) electrons. The summed E-state index contributed by atoms with van der Waals surface area (Å²) in [5.41, 5.74) is -0.325. The van der Waals surface area contributed by atoms with Crippen molar-refractivity contribution in [3.8, 4) is 11.3 Å². The van der Waals surface area contributed by atoms with Crippen LogP contribution < -0.4 is 5.43 Å². The molecular weight excluding hydrogens is 419 g/mol. The van der Waals surface area contributed by atoms with E-state index in [1.807, 2.05) is 30.3 Å². The molecule has 0 amide bonds. The Hall–Kier alpha value is -2.05. The molecule has 0 fully saturated rings. The summed E-state index contributed by atoms with van der Waals surface area (Å²) in [6.45, 7) is 0.213. The Morgan fingerprint density at radius 1 is 1.04 bits per heavy atom. The van der Waals surface area contributed by atoms with E-state index in [9.17, 15) is 18.0 Å². The Bertz CT molecular complexity index is 982. The van der Waals surface area contributed by atoms with E-state index in [1.54, 1.807) is 0 Å². The number of nitrogens with zero attached hydrogens (tertiary/aromatic N) is 1. The van der Waals surface area contributed by atoms with Gasteiger partial charge in [0.25, 0.3) is 0 Å². The van der Waals surface area contributed by atoms with Crippen molar-refractivity contribution in [1.29, 1.82) is 0 Å². The van der Waals surface area contributed by atoms with Crippen molar-refractivity contribution >= 4 is 27.5 Å². The highest BCUT2D eigenvalue weighted by Gasteiger charge is 2.22. The van der Waals surface area contributed by atoms with Crippen LogP contribution in [0.2, 0.25) is 5.02 Å². The van der Waals surface area contributed by atoms with E-state index in [0.717, 1.165) is 5.56 Å². The smallest absolute Gasteiger partial charge is 0.214 e. The zero-order valence-corrected chi connectivity index (χ0v) is 14.9. The zero-order valence-electron chi connectivity index (χ0n) is 12.6. The number of benzene rings is 2. The highest BCUT2D eigenvalue weighted by Crippen LogP contribution is 2.32. The molecule has 0 spiro atoms. The molecule has 0 bridgehead atoms. The molecule has 0 atom stereocenters. The normalized spacial score (nSPS) is 10.9. The minimum atomic E-state index is -1.11. The molecule has 0 aliphatic carbocycles. The molecule has 0 aliphatic rings. The van der Waals surface area contributed by atoms with Gasteiger partial charge in [-0.15, -0.1) is 0 Å². The van der Waals surface area contributed by atoms with Crippen LogP contribution in [-0.4, -0.2) is 4.57 Å². The number of pyridine rings is 1. The molecule has 1 aromatic heterocycles. The number of aromatic nitrogens is 1. The van der Waals surface area contributed by atoms with Crippen LogP contribution in [0.25, 0.3) is 11.3 Å². The van der Waals surface area contributed by atoms with Gasteiger partial charge in [-0.25, -0.2) is 13.2 Å². The van der Waals surface area contributed by atoms with E-state index < -0.39 is 28.4 Å². The molecule has 7 heteroatoms. The minimum Gasteiger partial charge on any atom is -0.340 e. The van der Waals surface area contributed by atoms with E-state index in [1.165, 1.54) is 10.8 Å². The first-order valence-corrected chi connectivity index (χ1v) is 8.33. The summed E-state index contributed by atoms with van der Waals surface area (Å²) >= 11 is 9.01. The Kier molecular flexibility index (Phi) is 5.01. The Balaban J connectivity index is 2.29. The van der Waals surface area contributed by atoms with Crippen molar-refractivity contribution in [3.63, 3.8) is 0 Å². The Morgan fingerprint density at radius 3 is 2.24 bits per heavy atom. The largest absolute Gasteiger partial charge is 0.340 e. The SMILES string of the molecule is O=c1c(Cl)cn(Cc2ccccc2)c(-c2c(F)cc(F)cc2F)c1Br. The van der Waals surface area contributed by atoms with Crippen molar-refractivity contribution in [2.45, 2.75) is 6.54 Å². The summed E-state index contributed by atoms with van der Waals surface area (Å²) in [6, 6.07) is 10.2. The van der Waals surface area contributed by atoms with Crippen molar-refractivity contribution in [2.75, 3.05) is 0 Å². The maximum Gasteiger partial charge on any atom is 0.214 e. The Morgan fingerprint density at radius 2 is 1.64 bits per heavy atom. The third kappa shape index (κ3) is 3.50. The third-order valence-corrected chi connectivity index (χ3v) is 4.62. The molecule has 0 saturated carbocycles. The van der Waals surface area contributed by atoms with Gasteiger partial charge in [0.05, 0.1) is 15.7 Å². The zero-order chi connectivity index (χ0) is 18.1. The molecule has 0 saturated heterocycles. The molecular formula is C18H10BrClF3NO. The lowest BCUT2D eigenvalue weighted by atomic mass is 10.1. The summed E-state index contributed by atoms with van der Waals surface area (Å²) in [5.74, 6) is -3.26. The van der Waals surface area contributed by atoms with Crippen molar-refractivity contribution in [3.05, 3.63) is 91.4 Å².